The summed E-state index contributed by atoms with van der Waals surface area (Å²) < 4.78 is 5.69. The minimum absolute atomic E-state index is 0. The zero-order chi connectivity index (χ0) is 17.2. The Morgan fingerprint density at radius 2 is 2.12 bits per heavy atom. The van der Waals surface area contributed by atoms with Crippen LogP contribution in [0.5, 0.6) is 5.75 Å². The lowest BCUT2D eigenvalue weighted by Gasteiger charge is -2.21. The van der Waals surface area contributed by atoms with Crippen molar-refractivity contribution in [1.29, 1.82) is 0 Å². The molecule has 6 heteroatoms. The largest absolute Gasteiger partial charge is 0.489 e. The number of likely N-dealkylation sites (N-methyl/N-ethyl adjacent to an activating group) is 1. The van der Waals surface area contributed by atoms with Crippen molar-refractivity contribution in [3.8, 4) is 5.75 Å². The Labute approximate surface area is 168 Å². The van der Waals surface area contributed by atoms with E-state index in [2.05, 4.69) is 40.1 Å². The Morgan fingerprint density at radius 3 is 2.76 bits per heavy atom. The molecule has 0 bridgehead atoms. The molecule has 0 aromatic heterocycles. The van der Waals surface area contributed by atoms with Gasteiger partial charge in [0.2, 0.25) is 0 Å². The van der Waals surface area contributed by atoms with Crippen molar-refractivity contribution in [3.63, 3.8) is 0 Å². The van der Waals surface area contributed by atoms with Gasteiger partial charge in [-0.1, -0.05) is 37.8 Å². The molecule has 25 heavy (non-hydrogen) atoms. The zero-order valence-corrected chi connectivity index (χ0v) is 17.7. The Hall–Kier alpha value is -1.28. The fraction of sp³-hybridized carbons (Fsp3) is 0.526. The number of benzene rings is 1. The third-order valence-electron chi connectivity index (χ3n) is 4.16. The molecular weight excluding hydrogens is 427 g/mol. The van der Waals surface area contributed by atoms with Crippen molar-refractivity contribution in [2.75, 3.05) is 33.3 Å². The van der Waals surface area contributed by atoms with E-state index in [4.69, 9.17) is 4.74 Å². The molecule has 2 N–H and O–H groups in total. The summed E-state index contributed by atoms with van der Waals surface area (Å²) in [7, 11) is 1.80. The normalized spacial score (nSPS) is 14.0. The molecule has 5 nitrogen and oxygen atoms in total. The van der Waals surface area contributed by atoms with Crippen LogP contribution < -0.4 is 15.4 Å². The minimum Gasteiger partial charge on any atom is -0.489 e. The fourth-order valence-electron chi connectivity index (χ4n) is 2.70. The second-order valence-electron chi connectivity index (χ2n) is 5.92. The van der Waals surface area contributed by atoms with Gasteiger partial charge in [0, 0.05) is 38.3 Å². The number of halogens is 1. The Morgan fingerprint density at radius 1 is 1.36 bits per heavy atom. The van der Waals surface area contributed by atoms with Gasteiger partial charge in [0.05, 0.1) is 0 Å². The Balaban J connectivity index is 0.00000312. The van der Waals surface area contributed by atoms with E-state index in [1.807, 2.05) is 18.2 Å². The highest BCUT2D eigenvalue weighted by Gasteiger charge is 2.27. The van der Waals surface area contributed by atoms with E-state index < -0.39 is 0 Å². The maximum absolute atomic E-state index is 5.69. The highest BCUT2D eigenvalue weighted by atomic mass is 127. The van der Waals surface area contributed by atoms with E-state index in [0.717, 1.165) is 42.9 Å². The van der Waals surface area contributed by atoms with Crippen molar-refractivity contribution in [3.05, 3.63) is 42.5 Å². The SMILES string of the molecule is C=CCOc1ccccc1CNC(=NC)NCCN(CC)C1CC1.I. The maximum atomic E-state index is 5.69. The van der Waals surface area contributed by atoms with Crippen molar-refractivity contribution in [2.24, 2.45) is 4.99 Å². The smallest absolute Gasteiger partial charge is 0.191 e. The molecule has 2 rings (SSSR count). The summed E-state index contributed by atoms with van der Waals surface area (Å²) in [4.78, 5) is 6.82. The van der Waals surface area contributed by atoms with Gasteiger partial charge in [-0.15, -0.1) is 24.0 Å². The van der Waals surface area contributed by atoms with Crippen LogP contribution in [-0.2, 0) is 6.54 Å². The molecule has 1 saturated carbocycles. The van der Waals surface area contributed by atoms with Crippen LogP contribution in [0.1, 0.15) is 25.3 Å². The lowest BCUT2D eigenvalue weighted by molar-refractivity contribution is 0.282. The highest BCUT2D eigenvalue weighted by Crippen LogP contribution is 2.25. The molecule has 0 aliphatic heterocycles. The van der Waals surface area contributed by atoms with Crippen LogP contribution in [0.3, 0.4) is 0 Å². The first-order chi connectivity index (χ1) is 11.8. The number of para-hydroxylation sites is 1. The van der Waals surface area contributed by atoms with E-state index in [9.17, 15) is 0 Å². The molecule has 0 saturated heterocycles. The molecule has 0 amide bonds. The van der Waals surface area contributed by atoms with Crippen molar-refractivity contribution >= 4 is 29.9 Å². The molecule has 1 aliphatic carbocycles. The van der Waals surface area contributed by atoms with Crippen molar-refractivity contribution < 1.29 is 4.74 Å². The van der Waals surface area contributed by atoms with Crippen LogP contribution in [0.4, 0.5) is 0 Å². The summed E-state index contributed by atoms with van der Waals surface area (Å²) >= 11 is 0. The molecule has 140 valence electrons. The maximum Gasteiger partial charge on any atom is 0.191 e. The van der Waals surface area contributed by atoms with E-state index in [1.165, 1.54) is 12.8 Å². The first-order valence-corrected chi connectivity index (χ1v) is 8.78. The molecule has 0 heterocycles. The van der Waals surface area contributed by atoms with E-state index in [0.29, 0.717) is 13.2 Å². The molecule has 0 spiro atoms. The predicted molar refractivity (Wildman–Crippen MR) is 116 cm³/mol. The summed E-state index contributed by atoms with van der Waals surface area (Å²) in [5, 5.41) is 6.74. The number of rotatable bonds is 10. The molecule has 1 fully saturated rings. The van der Waals surface area contributed by atoms with Gasteiger partial charge < -0.3 is 15.4 Å². The molecule has 0 atom stereocenters. The van der Waals surface area contributed by atoms with Gasteiger partial charge in [-0.05, 0) is 25.5 Å². The van der Waals surface area contributed by atoms with Crippen molar-refractivity contribution in [2.45, 2.75) is 32.4 Å². The van der Waals surface area contributed by atoms with E-state index >= 15 is 0 Å². The standard InChI is InChI=1S/C19H30N4O.HI/c1-4-14-24-18-9-7-6-8-16(18)15-22-19(20-3)21-12-13-23(5-2)17-10-11-17;/h4,6-9,17H,1,5,10-15H2,2-3H3,(H2,20,21,22);1H. The average Bonchev–Trinajstić information content (AvgIpc) is 3.45. The quantitative estimate of drug-likeness (QED) is 0.245. The van der Waals surface area contributed by atoms with Crippen LogP contribution in [-0.4, -0.2) is 50.2 Å². The van der Waals surface area contributed by atoms with Gasteiger partial charge in [0.1, 0.15) is 12.4 Å². The number of nitrogens with one attached hydrogen (secondary N) is 2. The van der Waals surface area contributed by atoms with Gasteiger partial charge >= 0.3 is 0 Å². The van der Waals surface area contributed by atoms with Gasteiger partial charge in [0.25, 0.3) is 0 Å². The van der Waals surface area contributed by atoms with Gasteiger partial charge in [-0.2, -0.15) is 0 Å². The number of hydrogen-bond acceptors (Lipinski definition) is 3. The second-order valence-corrected chi connectivity index (χ2v) is 5.92. The van der Waals surface area contributed by atoms with Crippen LogP contribution in [0.25, 0.3) is 0 Å². The topological polar surface area (TPSA) is 48.9 Å². The number of hydrogen-bond donors (Lipinski definition) is 2. The average molecular weight is 458 g/mol. The Kier molecular flexibility index (Phi) is 10.6. The molecule has 1 aromatic carbocycles. The monoisotopic (exact) mass is 458 g/mol. The number of guanidine groups is 1. The first kappa shape index (κ1) is 21.8. The Bertz CT molecular complexity index is 546. The number of ether oxygens (including phenoxy) is 1. The van der Waals surface area contributed by atoms with Crippen LogP contribution in [0, 0.1) is 0 Å². The minimum atomic E-state index is 0. The van der Waals surface area contributed by atoms with Crippen LogP contribution in [0.15, 0.2) is 41.9 Å². The molecule has 0 radical (unpaired) electrons. The summed E-state index contributed by atoms with van der Waals surface area (Å²) in [5.74, 6) is 1.70. The van der Waals surface area contributed by atoms with Gasteiger partial charge in [-0.25, -0.2) is 0 Å². The third kappa shape index (κ3) is 7.64. The molecule has 1 aromatic rings. The third-order valence-corrected chi connectivity index (χ3v) is 4.16. The van der Waals surface area contributed by atoms with E-state index in [-0.39, 0.29) is 24.0 Å². The molecular formula is C19H31IN4O. The number of aliphatic imine (C=N–C) groups is 1. The lowest BCUT2D eigenvalue weighted by atomic mass is 10.2. The summed E-state index contributed by atoms with van der Waals surface area (Å²) in [6.07, 6.45) is 4.45. The van der Waals surface area contributed by atoms with E-state index in [1.54, 1.807) is 13.1 Å². The van der Waals surface area contributed by atoms with Crippen molar-refractivity contribution in [1.82, 2.24) is 15.5 Å². The summed E-state index contributed by atoms with van der Waals surface area (Å²) in [6.45, 7) is 10.2. The zero-order valence-electron chi connectivity index (χ0n) is 15.3. The lowest BCUT2D eigenvalue weighted by Crippen LogP contribution is -2.41. The molecule has 1 aliphatic rings. The predicted octanol–water partition coefficient (Wildman–Crippen LogP) is 3.02. The second kappa shape index (κ2) is 12.1. The highest BCUT2D eigenvalue weighted by molar-refractivity contribution is 14.0. The van der Waals surface area contributed by atoms with Gasteiger partial charge in [0.15, 0.2) is 5.96 Å². The van der Waals surface area contributed by atoms with Gasteiger partial charge in [-0.3, -0.25) is 9.89 Å². The fourth-order valence-corrected chi connectivity index (χ4v) is 2.70. The first-order valence-electron chi connectivity index (χ1n) is 8.78. The van der Waals surface area contributed by atoms with Crippen LogP contribution in [0.2, 0.25) is 0 Å². The van der Waals surface area contributed by atoms with Crippen LogP contribution >= 0.6 is 24.0 Å². The molecule has 0 unspecified atom stereocenters. The summed E-state index contributed by atoms with van der Waals surface area (Å²) in [6, 6.07) is 8.84. The summed E-state index contributed by atoms with van der Waals surface area (Å²) in [5.41, 5.74) is 1.11. The number of nitrogens with zero attached hydrogens (tertiary/aromatic N) is 2.